The summed E-state index contributed by atoms with van der Waals surface area (Å²) < 4.78 is 10.4. The molecule has 1 atom stereocenters. The van der Waals surface area contributed by atoms with E-state index >= 15 is 0 Å². The minimum absolute atomic E-state index is 0.182. The maximum absolute atomic E-state index is 13.0. The van der Waals surface area contributed by atoms with Crippen molar-refractivity contribution in [3.8, 4) is 5.75 Å². The molecule has 1 heterocycles. The molecule has 0 saturated carbocycles. The van der Waals surface area contributed by atoms with E-state index in [0.29, 0.717) is 23.6 Å². The van der Waals surface area contributed by atoms with Crippen LogP contribution in [-0.4, -0.2) is 49.1 Å². The van der Waals surface area contributed by atoms with Crippen molar-refractivity contribution in [3.63, 3.8) is 0 Å². The fourth-order valence-corrected chi connectivity index (χ4v) is 4.11. The van der Waals surface area contributed by atoms with E-state index in [1.54, 1.807) is 37.6 Å². The highest BCUT2D eigenvalue weighted by Crippen LogP contribution is 2.20. The first kappa shape index (κ1) is 26.8. The number of benzene rings is 3. The Morgan fingerprint density at radius 1 is 0.974 bits per heavy atom. The van der Waals surface area contributed by atoms with Gasteiger partial charge in [-0.25, -0.2) is 4.79 Å². The van der Waals surface area contributed by atoms with E-state index < -0.39 is 30.4 Å². The van der Waals surface area contributed by atoms with Crippen molar-refractivity contribution in [2.75, 3.05) is 20.3 Å². The van der Waals surface area contributed by atoms with E-state index in [4.69, 9.17) is 21.1 Å². The van der Waals surface area contributed by atoms with Crippen LogP contribution in [0.5, 0.6) is 5.75 Å². The van der Waals surface area contributed by atoms with Crippen molar-refractivity contribution in [2.45, 2.75) is 18.9 Å². The zero-order valence-corrected chi connectivity index (χ0v) is 21.6. The lowest BCUT2D eigenvalue weighted by molar-refractivity contribution is -0.150. The van der Waals surface area contributed by atoms with Crippen LogP contribution in [-0.2, 0) is 27.2 Å². The molecule has 0 bridgehead atoms. The average molecular weight is 534 g/mol. The largest absolute Gasteiger partial charge is 0.497 e. The number of halogens is 1. The molecule has 0 aliphatic heterocycles. The third-order valence-electron chi connectivity index (χ3n) is 6.04. The topological polar surface area (TPSA) is 110 Å². The van der Waals surface area contributed by atoms with Crippen LogP contribution in [0, 0.1) is 0 Å². The van der Waals surface area contributed by atoms with Crippen molar-refractivity contribution in [1.82, 2.24) is 15.6 Å². The number of rotatable bonds is 11. The second-order valence-corrected chi connectivity index (χ2v) is 9.09. The SMILES string of the molecule is COc1ccc(CCNC(=O)COC(=O)[C@H](Cc2c[nH]c3ccccc23)NC(=O)c2ccc(Cl)cc2)cc1. The first-order chi connectivity index (χ1) is 18.4. The fraction of sp³-hybridized carbons (Fsp3) is 0.207. The fourth-order valence-electron chi connectivity index (χ4n) is 3.98. The Morgan fingerprint density at radius 2 is 1.71 bits per heavy atom. The second kappa shape index (κ2) is 12.8. The average Bonchev–Trinajstić information content (AvgIpc) is 3.34. The van der Waals surface area contributed by atoms with Gasteiger partial charge in [-0.2, -0.15) is 0 Å². The standard InChI is InChI=1S/C29H28ClN3O5/c1-37-23-12-6-19(7-13-23)14-15-31-27(34)18-38-29(36)26(33-28(35)20-8-10-22(30)11-9-20)16-21-17-32-25-5-3-2-4-24(21)25/h2-13,17,26,32H,14-16,18H2,1H3,(H,31,34)(H,33,35)/t26-/m0/s1. The minimum atomic E-state index is -1.01. The van der Waals surface area contributed by atoms with E-state index in [2.05, 4.69) is 15.6 Å². The van der Waals surface area contributed by atoms with E-state index in [-0.39, 0.29) is 6.42 Å². The Labute approximate surface area is 225 Å². The van der Waals surface area contributed by atoms with Crippen molar-refractivity contribution in [3.05, 3.63) is 101 Å². The lowest BCUT2D eigenvalue weighted by atomic mass is 10.0. The maximum atomic E-state index is 13.0. The second-order valence-electron chi connectivity index (χ2n) is 8.65. The molecule has 0 fully saturated rings. The van der Waals surface area contributed by atoms with Crippen LogP contribution in [0.3, 0.4) is 0 Å². The highest BCUT2D eigenvalue weighted by Gasteiger charge is 2.25. The van der Waals surface area contributed by atoms with Crippen molar-refractivity contribution >= 4 is 40.3 Å². The van der Waals surface area contributed by atoms with Crippen LogP contribution < -0.4 is 15.4 Å². The van der Waals surface area contributed by atoms with Gasteiger partial charge in [0.25, 0.3) is 11.8 Å². The van der Waals surface area contributed by atoms with Gasteiger partial charge in [-0.3, -0.25) is 9.59 Å². The third kappa shape index (κ3) is 7.14. The number of carbonyl (C=O) groups is 3. The summed E-state index contributed by atoms with van der Waals surface area (Å²) in [5, 5.41) is 6.91. The number of esters is 1. The normalized spacial score (nSPS) is 11.5. The van der Waals surface area contributed by atoms with Crippen LogP contribution in [0.25, 0.3) is 10.9 Å². The number of hydrogen-bond donors (Lipinski definition) is 3. The summed E-state index contributed by atoms with van der Waals surface area (Å²) in [6.45, 7) is -0.0720. The first-order valence-electron chi connectivity index (χ1n) is 12.1. The van der Waals surface area contributed by atoms with Gasteiger partial charge >= 0.3 is 5.97 Å². The molecule has 1 aromatic heterocycles. The Kier molecular flexibility index (Phi) is 9.00. The summed E-state index contributed by atoms with van der Waals surface area (Å²) in [5.41, 5.74) is 3.13. The van der Waals surface area contributed by atoms with Gasteiger partial charge in [0, 0.05) is 40.7 Å². The number of methoxy groups -OCH3 is 1. The molecule has 0 aliphatic rings. The van der Waals surface area contributed by atoms with Crippen LogP contribution in [0.1, 0.15) is 21.5 Å². The number of aromatic amines is 1. The molecule has 4 aromatic rings. The van der Waals surface area contributed by atoms with E-state index in [1.165, 1.54) is 0 Å². The summed E-state index contributed by atoms with van der Waals surface area (Å²) >= 11 is 5.92. The van der Waals surface area contributed by atoms with E-state index in [1.807, 2.05) is 48.5 Å². The molecule has 0 aliphatic carbocycles. The summed E-state index contributed by atoms with van der Waals surface area (Å²) in [6, 6.07) is 20.5. The number of ether oxygens (including phenoxy) is 2. The number of para-hydroxylation sites is 1. The van der Waals surface area contributed by atoms with Crippen molar-refractivity contribution in [1.29, 1.82) is 0 Å². The third-order valence-corrected chi connectivity index (χ3v) is 6.29. The molecule has 2 amide bonds. The molecule has 3 aromatic carbocycles. The van der Waals surface area contributed by atoms with Crippen LogP contribution in [0.2, 0.25) is 5.02 Å². The predicted octanol–water partition coefficient (Wildman–Crippen LogP) is 4.07. The van der Waals surface area contributed by atoms with Crippen LogP contribution in [0.4, 0.5) is 0 Å². The quantitative estimate of drug-likeness (QED) is 0.252. The van der Waals surface area contributed by atoms with Gasteiger partial charge in [-0.05, 0) is 60.0 Å². The molecule has 3 N–H and O–H groups in total. The Bertz CT molecular complexity index is 1400. The molecule has 0 saturated heterocycles. The monoisotopic (exact) mass is 533 g/mol. The summed E-state index contributed by atoms with van der Waals surface area (Å²) in [7, 11) is 1.60. The van der Waals surface area contributed by atoms with Gasteiger partial charge in [0.15, 0.2) is 6.61 Å². The van der Waals surface area contributed by atoms with Crippen molar-refractivity contribution < 1.29 is 23.9 Å². The summed E-state index contributed by atoms with van der Waals surface area (Å²) in [6.07, 6.45) is 2.59. The number of H-pyrrole nitrogens is 1. The molecule has 4 rings (SSSR count). The van der Waals surface area contributed by atoms with Crippen LogP contribution in [0.15, 0.2) is 79.0 Å². The summed E-state index contributed by atoms with van der Waals surface area (Å²) in [4.78, 5) is 41.4. The van der Waals surface area contributed by atoms with E-state index in [9.17, 15) is 14.4 Å². The highest BCUT2D eigenvalue weighted by molar-refractivity contribution is 6.30. The first-order valence-corrected chi connectivity index (χ1v) is 12.5. The molecule has 0 unspecified atom stereocenters. The Balaban J connectivity index is 1.36. The molecular weight excluding hydrogens is 506 g/mol. The Hall–Kier alpha value is -4.30. The van der Waals surface area contributed by atoms with Gasteiger partial charge < -0.3 is 25.1 Å². The molecular formula is C29H28ClN3O5. The number of carbonyl (C=O) groups excluding carboxylic acids is 3. The predicted molar refractivity (Wildman–Crippen MR) is 145 cm³/mol. The van der Waals surface area contributed by atoms with Gasteiger partial charge in [0.1, 0.15) is 11.8 Å². The van der Waals surface area contributed by atoms with Gasteiger partial charge in [0.2, 0.25) is 0 Å². The van der Waals surface area contributed by atoms with E-state index in [0.717, 1.165) is 27.8 Å². The highest BCUT2D eigenvalue weighted by atomic mass is 35.5. The molecule has 38 heavy (non-hydrogen) atoms. The number of nitrogens with one attached hydrogen (secondary N) is 3. The number of fused-ring (bicyclic) bond motifs is 1. The molecule has 9 heteroatoms. The molecule has 8 nitrogen and oxygen atoms in total. The number of hydrogen-bond acceptors (Lipinski definition) is 5. The molecule has 0 radical (unpaired) electrons. The zero-order valence-electron chi connectivity index (χ0n) is 20.8. The molecule has 196 valence electrons. The van der Waals surface area contributed by atoms with Crippen LogP contribution >= 0.6 is 11.6 Å². The molecule has 0 spiro atoms. The number of amides is 2. The number of aromatic nitrogens is 1. The van der Waals surface area contributed by atoms with Crippen molar-refractivity contribution in [2.24, 2.45) is 0 Å². The van der Waals surface area contributed by atoms with Gasteiger partial charge in [-0.1, -0.05) is 41.9 Å². The van der Waals surface area contributed by atoms with Gasteiger partial charge in [0.05, 0.1) is 7.11 Å². The summed E-state index contributed by atoms with van der Waals surface area (Å²) in [5.74, 6) is -0.827. The minimum Gasteiger partial charge on any atom is -0.497 e. The smallest absolute Gasteiger partial charge is 0.329 e. The Morgan fingerprint density at radius 3 is 2.45 bits per heavy atom. The lowest BCUT2D eigenvalue weighted by Gasteiger charge is -2.18. The lowest BCUT2D eigenvalue weighted by Crippen LogP contribution is -2.44. The van der Waals surface area contributed by atoms with Gasteiger partial charge in [-0.15, -0.1) is 0 Å². The zero-order chi connectivity index (χ0) is 26.9. The maximum Gasteiger partial charge on any atom is 0.329 e.